The van der Waals surface area contributed by atoms with Gasteiger partial charge in [-0.15, -0.1) is 11.3 Å². The highest BCUT2D eigenvalue weighted by atomic mass is 32.1. The maximum Gasteiger partial charge on any atom is 0.229 e. The number of thiophene rings is 1. The van der Waals surface area contributed by atoms with Crippen molar-refractivity contribution in [2.75, 3.05) is 0 Å². The minimum Gasteiger partial charge on any atom is -0.285 e. The lowest BCUT2D eigenvalue weighted by atomic mass is 10.1. The average Bonchev–Trinajstić information content (AvgIpc) is 3.26. The van der Waals surface area contributed by atoms with Crippen LogP contribution in [-0.4, -0.2) is 20.7 Å². The van der Waals surface area contributed by atoms with Crippen molar-refractivity contribution >= 4 is 37.4 Å². The summed E-state index contributed by atoms with van der Waals surface area (Å²) in [5, 5.41) is 2.29. The summed E-state index contributed by atoms with van der Waals surface area (Å²) in [7, 11) is 0. The van der Waals surface area contributed by atoms with Gasteiger partial charge in [-0.05, 0) is 43.3 Å². The van der Waals surface area contributed by atoms with Crippen molar-refractivity contribution in [3.8, 4) is 22.5 Å². The van der Waals surface area contributed by atoms with Gasteiger partial charge in [0.25, 0.3) is 0 Å². The molecule has 4 heterocycles. The Labute approximate surface area is 200 Å². The fraction of sp³-hybridized carbons (Fsp3) is 0.0345. The first-order valence-corrected chi connectivity index (χ1v) is 11.8. The van der Waals surface area contributed by atoms with Crippen LogP contribution in [0.1, 0.15) is 21.9 Å². The molecule has 0 spiro atoms. The molecular weight excluding hydrogens is 438 g/mol. The number of hydrogen-bond donors (Lipinski definition) is 0. The fourth-order valence-electron chi connectivity index (χ4n) is 4.15. The number of ketones is 1. The van der Waals surface area contributed by atoms with Crippen LogP contribution in [0.5, 0.6) is 0 Å². The molecule has 0 bridgehead atoms. The molecule has 0 aliphatic carbocycles. The molecule has 0 aliphatic rings. The normalized spacial score (nSPS) is 11.2. The molecule has 0 N–H and O–H groups in total. The molecular formula is C29H19N3OS. The summed E-state index contributed by atoms with van der Waals surface area (Å²) >= 11 is 1.66. The van der Waals surface area contributed by atoms with Crippen LogP contribution in [0.15, 0.2) is 97.1 Å². The maximum absolute atomic E-state index is 13.3. The van der Waals surface area contributed by atoms with Crippen molar-refractivity contribution in [2.45, 2.75) is 6.92 Å². The summed E-state index contributed by atoms with van der Waals surface area (Å²) in [6.45, 7) is 2.00. The summed E-state index contributed by atoms with van der Waals surface area (Å²) in [4.78, 5) is 28.4. The summed E-state index contributed by atoms with van der Waals surface area (Å²) in [5.41, 5.74) is 5.25. The number of aromatic nitrogens is 3. The van der Waals surface area contributed by atoms with Gasteiger partial charge in [0.05, 0.1) is 11.4 Å². The molecule has 6 aromatic rings. The second-order valence-corrected chi connectivity index (χ2v) is 9.10. The smallest absolute Gasteiger partial charge is 0.229 e. The molecule has 0 saturated heterocycles. The van der Waals surface area contributed by atoms with Gasteiger partial charge in [-0.2, -0.15) is 0 Å². The molecule has 6 rings (SSSR count). The summed E-state index contributed by atoms with van der Waals surface area (Å²) < 4.78 is 1.12. The monoisotopic (exact) mass is 457 g/mol. The van der Waals surface area contributed by atoms with Crippen molar-refractivity contribution < 1.29 is 4.79 Å². The lowest BCUT2D eigenvalue weighted by molar-refractivity contribution is 0.103. The number of fused-ring (bicyclic) bond motifs is 3. The Bertz CT molecular complexity index is 1690. The van der Waals surface area contributed by atoms with Gasteiger partial charge in [-0.3, -0.25) is 4.79 Å². The Morgan fingerprint density at radius 3 is 2.15 bits per heavy atom. The molecule has 0 amide bonds. The van der Waals surface area contributed by atoms with E-state index in [1.54, 1.807) is 23.5 Å². The van der Waals surface area contributed by atoms with E-state index in [1.165, 1.54) is 0 Å². The van der Waals surface area contributed by atoms with Gasteiger partial charge in [0.15, 0.2) is 0 Å². The van der Waals surface area contributed by atoms with Gasteiger partial charge >= 0.3 is 0 Å². The third-order valence-electron chi connectivity index (χ3n) is 5.81. The lowest BCUT2D eigenvalue weighted by Crippen LogP contribution is -2.07. The highest BCUT2D eigenvalue weighted by molar-refractivity contribution is 7.26. The van der Waals surface area contributed by atoms with Gasteiger partial charge in [-0.1, -0.05) is 60.7 Å². The molecule has 34 heavy (non-hydrogen) atoms. The molecule has 0 saturated carbocycles. The van der Waals surface area contributed by atoms with E-state index in [0.29, 0.717) is 11.4 Å². The van der Waals surface area contributed by atoms with E-state index in [4.69, 9.17) is 9.97 Å². The second kappa shape index (κ2) is 8.28. The van der Waals surface area contributed by atoms with Gasteiger partial charge in [-0.25, -0.2) is 15.0 Å². The zero-order chi connectivity index (χ0) is 23.1. The quantitative estimate of drug-likeness (QED) is 0.265. The summed E-state index contributed by atoms with van der Waals surface area (Å²) in [5.74, 6) is -0.194. The number of benzene rings is 2. The Morgan fingerprint density at radius 1 is 0.647 bits per heavy atom. The van der Waals surface area contributed by atoms with Crippen molar-refractivity contribution in [3.63, 3.8) is 0 Å². The van der Waals surface area contributed by atoms with Crippen LogP contribution in [0.4, 0.5) is 0 Å². The number of rotatable bonds is 4. The Hall–Kier alpha value is -4.22. The second-order valence-electron chi connectivity index (χ2n) is 8.10. The summed E-state index contributed by atoms with van der Waals surface area (Å²) in [6.07, 6.45) is 0. The predicted molar refractivity (Wildman–Crippen MR) is 138 cm³/mol. The predicted octanol–water partition coefficient (Wildman–Crippen LogP) is 7.11. The first-order valence-electron chi connectivity index (χ1n) is 11.0. The zero-order valence-corrected chi connectivity index (χ0v) is 19.2. The number of aryl methyl sites for hydroxylation is 1. The first kappa shape index (κ1) is 20.4. The largest absolute Gasteiger partial charge is 0.285 e. The first-order chi connectivity index (χ1) is 16.7. The third-order valence-corrected chi connectivity index (χ3v) is 6.96. The van der Waals surface area contributed by atoms with E-state index < -0.39 is 0 Å². The van der Waals surface area contributed by atoms with Gasteiger partial charge < -0.3 is 0 Å². The Morgan fingerprint density at radius 2 is 1.35 bits per heavy atom. The van der Waals surface area contributed by atoms with Crippen molar-refractivity contribution in [2.24, 2.45) is 0 Å². The Kier molecular flexibility index (Phi) is 4.97. The molecule has 4 aromatic heterocycles. The lowest BCUT2D eigenvalue weighted by Gasteiger charge is -2.07. The van der Waals surface area contributed by atoms with Crippen molar-refractivity contribution in [1.29, 1.82) is 0 Å². The zero-order valence-electron chi connectivity index (χ0n) is 18.4. The maximum atomic E-state index is 13.3. The molecule has 2 aromatic carbocycles. The Balaban J connectivity index is 1.42. The molecule has 0 radical (unpaired) electrons. The molecule has 0 unspecified atom stereocenters. The molecule has 0 aliphatic heterocycles. The topological polar surface area (TPSA) is 55.7 Å². The fourth-order valence-corrected chi connectivity index (χ4v) is 5.39. The number of pyridine rings is 3. The van der Waals surface area contributed by atoms with Crippen LogP contribution >= 0.6 is 11.3 Å². The molecule has 0 fully saturated rings. The average molecular weight is 458 g/mol. The van der Waals surface area contributed by atoms with Crippen LogP contribution in [0.3, 0.4) is 0 Å². The van der Waals surface area contributed by atoms with Gasteiger partial charge in [0.2, 0.25) is 5.78 Å². The minimum atomic E-state index is -0.194. The third kappa shape index (κ3) is 3.56. The van der Waals surface area contributed by atoms with Crippen LogP contribution in [-0.2, 0) is 0 Å². The number of hydrogen-bond acceptors (Lipinski definition) is 5. The van der Waals surface area contributed by atoms with Gasteiger partial charge in [0.1, 0.15) is 16.2 Å². The molecule has 4 nitrogen and oxygen atoms in total. The van der Waals surface area contributed by atoms with Crippen molar-refractivity contribution in [1.82, 2.24) is 15.0 Å². The van der Waals surface area contributed by atoms with E-state index >= 15 is 0 Å². The van der Waals surface area contributed by atoms with Crippen LogP contribution in [0.2, 0.25) is 0 Å². The number of nitrogens with zero attached hydrogens (tertiary/aromatic N) is 3. The van der Waals surface area contributed by atoms with E-state index in [-0.39, 0.29) is 5.78 Å². The van der Waals surface area contributed by atoms with E-state index in [1.807, 2.05) is 73.7 Å². The SMILES string of the molecule is Cc1ccc2c(n1)sc1c(-c3cccc(C(=O)c4cccc(-c5ccccc5)n4)n3)cccc12. The van der Waals surface area contributed by atoms with E-state index in [0.717, 1.165) is 48.5 Å². The van der Waals surface area contributed by atoms with Crippen molar-refractivity contribution in [3.05, 3.63) is 114 Å². The highest BCUT2D eigenvalue weighted by Crippen LogP contribution is 2.38. The molecule has 5 heteroatoms. The number of carbonyl (C=O) groups is 1. The standard InChI is InChI=1S/C29H19N3OS/c1-18-16-17-21-20-10-5-11-22(28(20)34-29(21)30-18)24-13-7-15-26(32-24)27(33)25-14-6-12-23(31-25)19-8-3-2-4-9-19/h2-17H,1H3. The summed E-state index contributed by atoms with van der Waals surface area (Å²) in [6, 6.07) is 31.3. The van der Waals surface area contributed by atoms with Crippen LogP contribution in [0.25, 0.3) is 42.8 Å². The highest BCUT2D eigenvalue weighted by Gasteiger charge is 2.16. The van der Waals surface area contributed by atoms with Crippen LogP contribution in [0, 0.1) is 6.92 Å². The minimum absolute atomic E-state index is 0.194. The van der Waals surface area contributed by atoms with Gasteiger partial charge in [0, 0.05) is 32.3 Å². The van der Waals surface area contributed by atoms with E-state index in [9.17, 15) is 4.79 Å². The van der Waals surface area contributed by atoms with Crippen LogP contribution < -0.4 is 0 Å². The molecule has 162 valence electrons. The van der Waals surface area contributed by atoms with E-state index in [2.05, 4.69) is 23.2 Å². The molecule has 0 atom stereocenters. The number of carbonyl (C=O) groups excluding carboxylic acids is 1.